The van der Waals surface area contributed by atoms with E-state index in [1.54, 1.807) is 6.20 Å². The summed E-state index contributed by atoms with van der Waals surface area (Å²) in [5.74, 6) is 0.0347. The van der Waals surface area contributed by atoms with E-state index >= 15 is 0 Å². The molecule has 4 nitrogen and oxygen atoms in total. The van der Waals surface area contributed by atoms with Crippen LogP contribution in [0.2, 0.25) is 0 Å². The first-order chi connectivity index (χ1) is 11.9. The Hall–Kier alpha value is -2.36. The topological polar surface area (TPSA) is 45.2 Å². The van der Waals surface area contributed by atoms with Crippen molar-refractivity contribution in [3.05, 3.63) is 53.9 Å². The maximum absolute atomic E-state index is 12.7. The van der Waals surface area contributed by atoms with Gasteiger partial charge in [-0.1, -0.05) is 39.0 Å². The number of para-hydroxylation sites is 1. The molecule has 2 heterocycles. The first-order valence-electron chi connectivity index (χ1n) is 9.07. The van der Waals surface area contributed by atoms with Crippen molar-refractivity contribution in [2.24, 2.45) is 0 Å². The first-order valence-corrected chi connectivity index (χ1v) is 9.07. The van der Waals surface area contributed by atoms with Gasteiger partial charge in [0, 0.05) is 30.7 Å². The van der Waals surface area contributed by atoms with E-state index < -0.39 is 0 Å². The minimum atomic E-state index is 0.0347. The quantitative estimate of drug-likeness (QED) is 0.879. The van der Waals surface area contributed by atoms with Crippen LogP contribution in [0.1, 0.15) is 56.1 Å². The summed E-state index contributed by atoms with van der Waals surface area (Å²) in [6.07, 6.45) is 5.09. The number of piperidine rings is 1. The molecule has 1 saturated heterocycles. The summed E-state index contributed by atoms with van der Waals surface area (Å²) in [6, 6.07) is 12.1. The number of pyridine rings is 1. The third-order valence-corrected chi connectivity index (χ3v) is 4.64. The van der Waals surface area contributed by atoms with E-state index in [0.29, 0.717) is 5.69 Å². The van der Waals surface area contributed by atoms with Gasteiger partial charge in [0.25, 0.3) is 5.91 Å². The van der Waals surface area contributed by atoms with Crippen molar-refractivity contribution in [3.8, 4) is 0 Å². The Kier molecular flexibility index (Phi) is 5.07. The lowest BCUT2D eigenvalue weighted by Crippen LogP contribution is -2.36. The van der Waals surface area contributed by atoms with Crippen molar-refractivity contribution in [2.75, 3.05) is 18.4 Å². The smallest absolute Gasteiger partial charge is 0.272 e. The molecule has 0 atom stereocenters. The van der Waals surface area contributed by atoms with E-state index in [9.17, 15) is 4.79 Å². The molecule has 0 spiro atoms. The molecular weight excluding hydrogens is 310 g/mol. The number of carbonyl (C=O) groups is 1. The molecule has 1 aliphatic heterocycles. The number of aromatic nitrogens is 1. The number of nitrogens with zero attached hydrogens (tertiary/aromatic N) is 2. The summed E-state index contributed by atoms with van der Waals surface area (Å²) < 4.78 is 0. The molecular formula is C21H27N3O. The second kappa shape index (κ2) is 7.26. The molecule has 0 unspecified atom stereocenters. The fraction of sp³-hybridized carbons (Fsp3) is 0.429. The molecule has 1 amide bonds. The van der Waals surface area contributed by atoms with Crippen LogP contribution in [0.15, 0.2) is 42.6 Å². The van der Waals surface area contributed by atoms with E-state index in [4.69, 9.17) is 0 Å². The third-order valence-electron chi connectivity index (χ3n) is 4.64. The minimum absolute atomic E-state index is 0.0347. The Bertz CT molecular complexity index is 743. The van der Waals surface area contributed by atoms with Gasteiger partial charge in [-0.2, -0.15) is 0 Å². The van der Waals surface area contributed by atoms with Gasteiger partial charge in [-0.15, -0.1) is 0 Å². The summed E-state index contributed by atoms with van der Waals surface area (Å²) in [5, 5.41) is 3.47. The van der Waals surface area contributed by atoms with Gasteiger partial charge in [0.05, 0.1) is 0 Å². The van der Waals surface area contributed by atoms with Crippen LogP contribution < -0.4 is 5.32 Å². The number of rotatable bonds is 3. The monoisotopic (exact) mass is 337 g/mol. The number of amides is 1. The van der Waals surface area contributed by atoms with E-state index in [1.165, 1.54) is 12.0 Å². The zero-order valence-electron chi connectivity index (χ0n) is 15.4. The molecule has 1 aromatic heterocycles. The predicted molar refractivity (Wildman–Crippen MR) is 102 cm³/mol. The van der Waals surface area contributed by atoms with Gasteiger partial charge in [-0.05, 0) is 48.4 Å². The summed E-state index contributed by atoms with van der Waals surface area (Å²) in [7, 11) is 0. The summed E-state index contributed by atoms with van der Waals surface area (Å²) in [6.45, 7) is 8.28. The minimum Gasteiger partial charge on any atom is -0.355 e. The van der Waals surface area contributed by atoms with E-state index in [-0.39, 0.29) is 11.3 Å². The molecule has 1 aliphatic rings. The highest BCUT2D eigenvalue weighted by Crippen LogP contribution is 2.31. The Morgan fingerprint density at radius 3 is 2.52 bits per heavy atom. The Morgan fingerprint density at radius 2 is 1.80 bits per heavy atom. The maximum atomic E-state index is 12.7. The van der Waals surface area contributed by atoms with Gasteiger partial charge in [-0.25, -0.2) is 0 Å². The lowest BCUT2D eigenvalue weighted by molar-refractivity contribution is 0.0718. The Labute approximate surface area is 150 Å². The number of likely N-dealkylation sites (tertiary alicyclic amines) is 1. The fourth-order valence-electron chi connectivity index (χ4n) is 3.29. The molecule has 2 aromatic rings. The zero-order valence-corrected chi connectivity index (χ0v) is 15.4. The summed E-state index contributed by atoms with van der Waals surface area (Å²) in [5.41, 5.74) is 3.77. The molecule has 0 bridgehead atoms. The molecule has 1 fully saturated rings. The number of hydrogen-bond acceptors (Lipinski definition) is 3. The van der Waals surface area contributed by atoms with Gasteiger partial charge in [0.1, 0.15) is 5.69 Å². The maximum Gasteiger partial charge on any atom is 0.272 e. The summed E-state index contributed by atoms with van der Waals surface area (Å²) in [4.78, 5) is 18.9. The van der Waals surface area contributed by atoms with Gasteiger partial charge < -0.3 is 10.2 Å². The van der Waals surface area contributed by atoms with Crippen LogP contribution >= 0.6 is 0 Å². The molecule has 25 heavy (non-hydrogen) atoms. The highest BCUT2D eigenvalue weighted by Gasteiger charge is 2.20. The zero-order chi connectivity index (χ0) is 17.9. The van der Waals surface area contributed by atoms with E-state index in [1.807, 2.05) is 23.1 Å². The van der Waals surface area contributed by atoms with Crippen LogP contribution in [0.3, 0.4) is 0 Å². The van der Waals surface area contributed by atoms with Crippen molar-refractivity contribution in [1.82, 2.24) is 9.88 Å². The van der Waals surface area contributed by atoms with Crippen molar-refractivity contribution in [3.63, 3.8) is 0 Å². The molecule has 0 saturated carbocycles. The average molecular weight is 337 g/mol. The van der Waals surface area contributed by atoms with Gasteiger partial charge >= 0.3 is 0 Å². The van der Waals surface area contributed by atoms with E-state index in [2.05, 4.69) is 49.3 Å². The average Bonchev–Trinajstić information content (AvgIpc) is 2.62. The predicted octanol–water partition coefficient (Wildman–Crippen LogP) is 4.75. The lowest BCUT2D eigenvalue weighted by atomic mass is 9.86. The van der Waals surface area contributed by atoms with Crippen molar-refractivity contribution < 1.29 is 4.79 Å². The number of benzene rings is 1. The third kappa shape index (κ3) is 4.19. The molecule has 132 valence electrons. The normalized spacial score (nSPS) is 15.1. The number of carbonyl (C=O) groups excluding carboxylic acids is 1. The van der Waals surface area contributed by atoms with Crippen molar-refractivity contribution >= 4 is 17.3 Å². The molecule has 1 N–H and O–H groups in total. The number of nitrogens with one attached hydrogen (secondary N) is 1. The Balaban J connectivity index is 1.82. The molecule has 0 radical (unpaired) electrons. The molecule has 3 rings (SSSR count). The Morgan fingerprint density at radius 1 is 1.08 bits per heavy atom. The highest BCUT2D eigenvalue weighted by atomic mass is 16.2. The molecule has 1 aromatic carbocycles. The summed E-state index contributed by atoms with van der Waals surface area (Å²) >= 11 is 0. The van der Waals surface area contributed by atoms with Crippen LogP contribution in [0, 0.1) is 0 Å². The first kappa shape index (κ1) is 17.5. The fourth-order valence-corrected chi connectivity index (χ4v) is 3.29. The SMILES string of the molecule is CC(C)(C)c1ccccc1Nc1ccnc(C(=O)N2CCCCC2)c1. The largest absolute Gasteiger partial charge is 0.355 e. The molecule has 4 heteroatoms. The highest BCUT2D eigenvalue weighted by molar-refractivity contribution is 5.93. The standard InChI is InChI=1S/C21H27N3O/c1-21(2,3)17-9-5-6-10-18(17)23-16-11-12-22-19(15-16)20(25)24-13-7-4-8-14-24/h5-6,9-12,15H,4,7-8,13-14H2,1-3H3,(H,22,23). The van der Waals surface area contributed by atoms with Gasteiger partial charge in [0.15, 0.2) is 0 Å². The van der Waals surface area contributed by atoms with Crippen molar-refractivity contribution in [2.45, 2.75) is 45.4 Å². The van der Waals surface area contributed by atoms with Gasteiger partial charge in [0.2, 0.25) is 0 Å². The van der Waals surface area contributed by atoms with Crippen LogP contribution in [-0.4, -0.2) is 28.9 Å². The second-order valence-electron chi connectivity index (χ2n) is 7.70. The van der Waals surface area contributed by atoms with Crippen molar-refractivity contribution in [1.29, 1.82) is 0 Å². The van der Waals surface area contributed by atoms with Crippen LogP contribution in [0.4, 0.5) is 11.4 Å². The number of anilines is 2. The second-order valence-corrected chi connectivity index (χ2v) is 7.70. The van der Waals surface area contributed by atoms with E-state index in [0.717, 1.165) is 37.3 Å². The van der Waals surface area contributed by atoms with Gasteiger partial charge in [-0.3, -0.25) is 9.78 Å². The lowest BCUT2D eigenvalue weighted by Gasteiger charge is -2.26. The van der Waals surface area contributed by atoms with Crippen LogP contribution in [0.5, 0.6) is 0 Å². The van der Waals surface area contributed by atoms with Crippen LogP contribution in [0.25, 0.3) is 0 Å². The molecule has 0 aliphatic carbocycles. The number of hydrogen-bond donors (Lipinski definition) is 1. The van der Waals surface area contributed by atoms with Crippen LogP contribution in [-0.2, 0) is 5.41 Å².